The normalized spacial score (nSPS) is 23.9. The summed E-state index contributed by atoms with van der Waals surface area (Å²) in [6, 6.07) is 27.5. The summed E-state index contributed by atoms with van der Waals surface area (Å²) >= 11 is 12.4. The van der Waals surface area contributed by atoms with Crippen LogP contribution in [0.5, 0.6) is 0 Å². The molecule has 3 amide bonds. The van der Waals surface area contributed by atoms with Gasteiger partial charge in [0.2, 0.25) is 11.8 Å². The molecule has 6 nitrogen and oxygen atoms in total. The molecule has 2 atom stereocenters. The molecule has 1 heterocycles. The molecule has 0 spiro atoms. The van der Waals surface area contributed by atoms with E-state index in [0.29, 0.717) is 21.3 Å². The lowest BCUT2D eigenvalue weighted by molar-refractivity contribution is -0.122. The lowest BCUT2D eigenvalue weighted by Gasteiger charge is -2.52. The first-order valence-electron chi connectivity index (χ1n) is 13.3. The number of imide groups is 1. The van der Waals surface area contributed by atoms with Crippen molar-refractivity contribution in [3.8, 4) is 0 Å². The maximum Gasteiger partial charge on any atom is 0.271 e. The number of halogens is 2. The Kier molecular flexibility index (Phi) is 5.89. The molecule has 1 aliphatic heterocycles. The van der Waals surface area contributed by atoms with Crippen LogP contribution < -0.4 is 10.3 Å². The van der Waals surface area contributed by atoms with Gasteiger partial charge >= 0.3 is 0 Å². The number of nitrogens with zero attached hydrogens (tertiary/aromatic N) is 2. The van der Waals surface area contributed by atoms with E-state index in [1.165, 1.54) is 4.90 Å². The van der Waals surface area contributed by atoms with Gasteiger partial charge in [0.1, 0.15) is 0 Å². The van der Waals surface area contributed by atoms with Gasteiger partial charge in [-0.1, -0.05) is 77.8 Å². The van der Waals surface area contributed by atoms with E-state index in [2.05, 4.69) is 10.5 Å². The Hall–Kier alpha value is -4.26. The highest BCUT2D eigenvalue weighted by atomic mass is 35.5. The van der Waals surface area contributed by atoms with Gasteiger partial charge in [-0.3, -0.25) is 14.4 Å². The van der Waals surface area contributed by atoms with Gasteiger partial charge in [-0.25, -0.2) is 10.3 Å². The number of carbonyl (C=O) groups is 3. The van der Waals surface area contributed by atoms with Crippen molar-refractivity contribution < 1.29 is 14.4 Å². The van der Waals surface area contributed by atoms with Crippen molar-refractivity contribution in [3.05, 3.63) is 134 Å². The highest BCUT2D eigenvalue weighted by molar-refractivity contribution is 6.32. The quantitative estimate of drug-likeness (QED) is 0.176. The Morgan fingerprint density at radius 3 is 2.15 bits per heavy atom. The molecule has 41 heavy (non-hydrogen) atoms. The second-order valence-corrected chi connectivity index (χ2v) is 11.5. The third-order valence-corrected chi connectivity index (χ3v) is 9.30. The zero-order valence-corrected chi connectivity index (χ0v) is 23.4. The Morgan fingerprint density at radius 1 is 0.878 bits per heavy atom. The van der Waals surface area contributed by atoms with E-state index in [1.54, 1.807) is 42.6 Å². The molecular formula is C33H23Cl2N3O3. The van der Waals surface area contributed by atoms with Crippen LogP contribution in [0, 0.1) is 18.8 Å². The van der Waals surface area contributed by atoms with Crippen LogP contribution >= 0.6 is 23.2 Å². The van der Waals surface area contributed by atoms with E-state index in [0.717, 1.165) is 27.8 Å². The van der Waals surface area contributed by atoms with Gasteiger partial charge in [-0.2, -0.15) is 5.10 Å². The van der Waals surface area contributed by atoms with Crippen molar-refractivity contribution in [2.24, 2.45) is 16.9 Å². The van der Waals surface area contributed by atoms with Gasteiger partial charge in [0.25, 0.3) is 5.91 Å². The maximum absolute atomic E-state index is 14.4. The Labute approximate surface area is 246 Å². The number of aryl methyl sites for hydroxylation is 1. The number of anilines is 1. The molecule has 2 bridgehead atoms. The molecule has 4 aromatic carbocycles. The van der Waals surface area contributed by atoms with Crippen LogP contribution in [-0.2, 0) is 15.0 Å². The van der Waals surface area contributed by atoms with Crippen LogP contribution in [-0.4, -0.2) is 23.9 Å². The third-order valence-electron chi connectivity index (χ3n) is 8.64. The molecule has 3 aliphatic carbocycles. The molecule has 1 N–H and O–H groups in total. The first-order chi connectivity index (χ1) is 19.8. The Bertz CT molecular complexity index is 1750. The topological polar surface area (TPSA) is 78.8 Å². The van der Waals surface area contributed by atoms with Crippen molar-refractivity contribution >= 4 is 52.8 Å². The fraction of sp³-hybridized carbons (Fsp3) is 0.152. The van der Waals surface area contributed by atoms with Gasteiger partial charge < -0.3 is 0 Å². The highest BCUT2D eigenvalue weighted by Crippen LogP contribution is 2.63. The summed E-state index contributed by atoms with van der Waals surface area (Å²) < 4.78 is 0. The van der Waals surface area contributed by atoms with Gasteiger partial charge in [-0.15, -0.1) is 0 Å². The molecule has 202 valence electrons. The molecular weight excluding hydrogens is 557 g/mol. The zero-order chi connectivity index (χ0) is 28.5. The van der Waals surface area contributed by atoms with Gasteiger partial charge in [-0.05, 0) is 71.1 Å². The summed E-state index contributed by atoms with van der Waals surface area (Å²) in [4.78, 5) is 42.8. The zero-order valence-electron chi connectivity index (χ0n) is 21.8. The molecule has 4 aromatic rings. The number of rotatable bonds is 4. The van der Waals surface area contributed by atoms with Gasteiger partial charge in [0.05, 0.1) is 22.9 Å². The minimum Gasteiger partial charge on any atom is -0.274 e. The number of amides is 3. The van der Waals surface area contributed by atoms with Crippen molar-refractivity contribution in [2.75, 3.05) is 4.90 Å². The SMILES string of the molecule is Cc1ccc(N2C(=O)[C@@H]3C4c5ccccc5C(/C=N/NC(=O)c5ccc(Cl)cc5)(c5ccccc54)[C@H]3C2=O)cc1Cl. The number of hydrogen-bond acceptors (Lipinski definition) is 4. The summed E-state index contributed by atoms with van der Waals surface area (Å²) in [5, 5.41) is 5.44. The highest BCUT2D eigenvalue weighted by Gasteiger charge is 2.68. The second-order valence-electron chi connectivity index (χ2n) is 10.7. The largest absolute Gasteiger partial charge is 0.274 e. The first kappa shape index (κ1) is 25.7. The summed E-state index contributed by atoms with van der Waals surface area (Å²) in [5.74, 6) is -2.71. The molecule has 0 aromatic heterocycles. The fourth-order valence-corrected chi connectivity index (χ4v) is 7.18. The monoisotopic (exact) mass is 579 g/mol. The number of benzene rings is 4. The van der Waals surface area contributed by atoms with Gasteiger partial charge in [0, 0.05) is 27.7 Å². The van der Waals surface area contributed by atoms with E-state index in [1.807, 2.05) is 61.5 Å². The summed E-state index contributed by atoms with van der Waals surface area (Å²) in [6.07, 6.45) is 1.64. The Balaban J connectivity index is 1.39. The molecule has 8 rings (SSSR count). The van der Waals surface area contributed by atoms with Crippen molar-refractivity contribution in [3.63, 3.8) is 0 Å². The molecule has 1 saturated heterocycles. The van der Waals surface area contributed by atoms with Gasteiger partial charge in [0.15, 0.2) is 0 Å². The average Bonchev–Trinajstić information content (AvgIpc) is 3.25. The van der Waals surface area contributed by atoms with E-state index < -0.39 is 23.2 Å². The second kappa shape index (κ2) is 9.40. The maximum atomic E-state index is 14.4. The van der Waals surface area contributed by atoms with E-state index in [-0.39, 0.29) is 17.7 Å². The standard InChI is InChI=1S/C33H23Cl2N3O3/c1-18-10-15-21(16-26(18)35)38-31(40)28-27-22-6-2-4-8-24(22)33(29(28)32(38)41,25-9-5-3-7-23(25)27)17-36-37-30(39)19-11-13-20(34)14-12-19/h2-17,27-29H,1H3,(H,37,39)/b36-17+/t27?,28-,29-,33?/m1/s1. The number of carbonyl (C=O) groups excluding carboxylic acids is 3. The predicted octanol–water partition coefficient (Wildman–Crippen LogP) is 6.27. The lowest BCUT2D eigenvalue weighted by atomic mass is 9.47. The van der Waals surface area contributed by atoms with E-state index in [9.17, 15) is 14.4 Å². The van der Waals surface area contributed by atoms with E-state index in [4.69, 9.17) is 23.2 Å². The summed E-state index contributed by atoms with van der Waals surface area (Å²) in [5.41, 5.74) is 6.99. The van der Waals surface area contributed by atoms with Crippen molar-refractivity contribution in [2.45, 2.75) is 18.3 Å². The van der Waals surface area contributed by atoms with Crippen LogP contribution in [0.3, 0.4) is 0 Å². The van der Waals surface area contributed by atoms with Crippen LogP contribution in [0.2, 0.25) is 10.0 Å². The lowest BCUT2D eigenvalue weighted by Crippen LogP contribution is -2.54. The smallest absolute Gasteiger partial charge is 0.271 e. The summed E-state index contributed by atoms with van der Waals surface area (Å²) in [6.45, 7) is 1.87. The molecule has 1 fully saturated rings. The predicted molar refractivity (Wildman–Crippen MR) is 159 cm³/mol. The van der Waals surface area contributed by atoms with Crippen molar-refractivity contribution in [1.82, 2.24) is 5.43 Å². The summed E-state index contributed by atoms with van der Waals surface area (Å²) in [7, 11) is 0. The minimum atomic E-state index is -1.09. The van der Waals surface area contributed by atoms with Crippen LogP contribution in [0.4, 0.5) is 5.69 Å². The molecule has 0 unspecified atom stereocenters. The minimum absolute atomic E-state index is 0.267. The number of hydrazone groups is 1. The molecule has 0 radical (unpaired) electrons. The molecule has 4 aliphatic rings. The number of hydrogen-bond donors (Lipinski definition) is 1. The van der Waals surface area contributed by atoms with Crippen molar-refractivity contribution in [1.29, 1.82) is 0 Å². The Morgan fingerprint density at radius 2 is 1.51 bits per heavy atom. The third kappa shape index (κ3) is 3.64. The van der Waals surface area contributed by atoms with Crippen LogP contribution in [0.15, 0.2) is 96.1 Å². The first-order valence-corrected chi connectivity index (χ1v) is 14.0. The van der Waals surface area contributed by atoms with Crippen LogP contribution in [0.1, 0.15) is 44.1 Å². The van der Waals surface area contributed by atoms with E-state index >= 15 is 0 Å². The van der Waals surface area contributed by atoms with Crippen LogP contribution in [0.25, 0.3) is 0 Å². The molecule has 8 heteroatoms. The molecule has 0 saturated carbocycles. The number of nitrogens with one attached hydrogen (secondary N) is 1. The average molecular weight is 580 g/mol. The fourth-order valence-electron chi connectivity index (χ4n) is 6.88.